The molecule has 4 heteroatoms. The topological polar surface area (TPSA) is 46.6 Å². The smallest absolute Gasteiger partial charge is 0.417 e. The highest BCUT2D eigenvalue weighted by molar-refractivity contribution is 5.90. The van der Waals surface area contributed by atoms with Crippen molar-refractivity contribution >= 4 is 12.0 Å². The van der Waals surface area contributed by atoms with Crippen molar-refractivity contribution in [3.63, 3.8) is 0 Å². The molecular weight excluding hydrogens is 182 g/mol. The van der Waals surface area contributed by atoms with Gasteiger partial charge in [-0.1, -0.05) is 6.08 Å². The van der Waals surface area contributed by atoms with Gasteiger partial charge in [0.2, 0.25) is 5.91 Å². The maximum Gasteiger partial charge on any atom is 0.417 e. The second kappa shape index (κ2) is 4.79. The Kier molecular flexibility index (Phi) is 4.34. The number of amides is 2. The first-order chi connectivity index (χ1) is 6.28. The summed E-state index contributed by atoms with van der Waals surface area (Å²) in [6, 6.07) is 0. The first kappa shape index (κ1) is 12.7. The van der Waals surface area contributed by atoms with Gasteiger partial charge in [-0.05, 0) is 20.8 Å². The molecule has 0 radical (unpaired) electrons. The largest absolute Gasteiger partial charge is 0.443 e. The fraction of sp³-hybridized carbons (Fsp3) is 0.600. The van der Waals surface area contributed by atoms with Crippen LogP contribution in [-0.4, -0.2) is 29.0 Å². The van der Waals surface area contributed by atoms with Gasteiger partial charge in [-0.25, -0.2) is 9.69 Å². The fourth-order valence-corrected chi connectivity index (χ4v) is 0.778. The summed E-state index contributed by atoms with van der Waals surface area (Å²) in [4.78, 5) is 23.5. The molecule has 0 fully saturated rings. The van der Waals surface area contributed by atoms with E-state index in [1.54, 1.807) is 20.8 Å². The molecule has 0 saturated heterocycles. The molecule has 0 aromatic carbocycles. The van der Waals surface area contributed by atoms with E-state index >= 15 is 0 Å². The predicted molar refractivity (Wildman–Crippen MR) is 53.8 cm³/mol. The zero-order chi connectivity index (χ0) is 11.4. The normalized spacial score (nSPS) is 10.6. The number of carbonyl (C=O) groups is 2. The van der Waals surface area contributed by atoms with Gasteiger partial charge >= 0.3 is 6.09 Å². The molecule has 0 N–H and O–H groups in total. The van der Waals surface area contributed by atoms with E-state index in [4.69, 9.17) is 4.74 Å². The summed E-state index contributed by atoms with van der Waals surface area (Å²) in [5, 5.41) is 0. The standard InChI is InChI=1S/C10H17NO3/c1-6-7-11(8(2)12)9(13)14-10(3,4)5/h6H,1,7H2,2-5H3. The van der Waals surface area contributed by atoms with Crippen LogP contribution in [0.5, 0.6) is 0 Å². The Labute approximate surface area is 84.5 Å². The summed E-state index contributed by atoms with van der Waals surface area (Å²) in [5.41, 5.74) is -0.591. The monoisotopic (exact) mass is 199 g/mol. The van der Waals surface area contributed by atoms with Crippen LogP contribution < -0.4 is 0 Å². The van der Waals surface area contributed by atoms with Crippen LogP contribution >= 0.6 is 0 Å². The number of imide groups is 1. The molecule has 0 aliphatic rings. The van der Waals surface area contributed by atoms with Crippen molar-refractivity contribution in [3.8, 4) is 0 Å². The van der Waals surface area contributed by atoms with Crippen molar-refractivity contribution < 1.29 is 14.3 Å². The lowest BCUT2D eigenvalue weighted by atomic mass is 10.2. The van der Waals surface area contributed by atoms with Crippen LogP contribution in [0.2, 0.25) is 0 Å². The molecule has 0 rings (SSSR count). The summed E-state index contributed by atoms with van der Waals surface area (Å²) >= 11 is 0. The first-order valence-electron chi connectivity index (χ1n) is 4.40. The third kappa shape index (κ3) is 4.64. The fourth-order valence-electron chi connectivity index (χ4n) is 0.778. The molecule has 0 aliphatic heterocycles. The average molecular weight is 199 g/mol. The molecule has 2 amide bonds. The van der Waals surface area contributed by atoms with Gasteiger partial charge in [0.15, 0.2) is 0 Å². The van der Waals surface area contributed by atoms with E-state index in [-0.39, 0.29) is 12.5 Å². The van der Waals surface area contributed by atoms with Crippen LogP contribution in [0.25, 0.3) is 0 Å². The quantitative estimate of drug-likeness (QED) is 0.638. The van der Waals surface area contributed by atoms with Crippen LogP contribution in [0, 0.1) is 0 Å². The number of rotatable bonds is 2. The maximum atomic E-state index is 11.4. The summed E-state index contributed by atoms with van der Waals surface area (Å²) in [7, 11) is 0. The lowest BCUT2D eigenvalue weighted by molar-refractivity contribution is -0.127. The van der Waals surface area contributed by atoms with E-state index < -0.39 is 11.7 Å². The Morgan fingerprint density at radius 3 is 2.21 bits per heavy atom. The van der Waals surface area contributed by atoms with Gasteiger partial charge < -0.3 is 4.74 Å². The Bertz CT molecular complexity index is 240. The lowest BCUT2D eigenvalue weighted by Gasteiger charge is -2.24. The Hall–Kier alpha value is -1.32. The molecule has 0 heterocycles. The first-order valence-corrected chi connectivity index (χ1v) is 4.40. The SMILES string of the molecule is C=CCN(C(C)=O)C(=O)OC(C)(C)C. The Balaban J connectivity index is 4.45. The van der Waals surface area contributed by atoms with Gasteiger partial charge in [-0.2, -0.15) is 0 Å². The van der Waals surface area contributed by atoms with E-state index in [1.807, 2.05) is 0 Å². The number of nitrogens with zero attached hydrogens (tertiary/aromatic N) is 1. The lowest BCUT2D eigenvalue weighted by Crippen LogP contribution is -2.39. The number of ether oxygens (including phenoxy) is 1. The second-order valence-electron chi connectivity index (χ2n) is 3.90. The molecule has 80 valence electrons. The molecule has 0 aliphatic carbocycles. The second-order valence-corrected chi connectivity index (χ2v) is 3.90. The molecule has 0 aromatic rings. The van der Waals surface area contributed by atoms with Crippen LogP contribution in [0.15, 0.2) is 12.7 Å². The predicted octanol–water partition coefficient (Wildman–Crippen LogP) is 1.96. The van der Waals surface area contributed by atoms with Gasteiger partial charge in [-0.3, -0.25) is 4.79 Å². The van der Waals surface area contributed by atoms with Crippen LogP contribution in [0.4, 0.5) is 4.79 Å². The third-order valence-corrected chi connectivity index (χ3v) is 1.31. The summed E-state index contributed by atoms with van der Waals surface area (Å²) in [6.07, 6.45) is 0.843. The highest BCUT2D eigenvalue weighted by atomic mass is 16.6. The van der Waals surface area contributed by atoms with Crippen molar-refractivity contribution in [1.29, 1.82) is 0 Å². The van der Waals surface area contributed by atoms with Crippen LogP contribution in [0.3, 0.4) is 0 Å². The molecule has 0 saturated carbocycles. The van der Waals surface area contributed by atoms with Crippen molar-refractivity contribution in [3.05, 3.63) is 12.7 Å². The molecule has 0 bridgehead atoms. The molecule has 0 aromatic heterocycles. The van der Waals surface area contributed by atoms with E-state index in [1.165, 1.54) is 13.0 Å². The van der Waals surface area contributed by atoms with Gasteiger partial charge in [0.25, 0.3) is 0 Å². The number of carbonyl (C=O) groups excluding carboxylic acids is 2. The van der Waals surface area contributed by atoms with Gasteiger partial charge in [-0.15, -0.1) is 6.58 Å². The molecule has 4 nitrogen and oxygen atoms in total. The van der Waals surface area contributed by atoms with E-state index in [0.29, 0.717) is 0 Å². The molecule has 0 unspecified atom stereocenters. The maximum absolute atomic E-state index is 11.4. The minimum Gasteiger partial charge on any atom is -0.443 e. The highest BCUT2D eigenvalue weighted by Crippen LogP contribution is 2.09. The van der Waals surface area contributed by atoms with E-state index in [0.717, 1.165) is 4.90 Å². The minimum atomic E-state index is -0.634. The van der Waals surface area contributed by atoms with E-state index in [2.05, 4.69) is 6.58 Å². The Morgan fingerprint density at radius 2 is 1.93 bits per heavy atom. The molecule has 0 spiro atoms. The number of hydrogen-bond acceptors (Lipinski definition) is 3. The van der Waals surface area contributed by atoms with Gasteiger partial charge in [0, 0.05) is 13.5 Å². The van der Waals surface area contributed by atoms with Crippen LogP contribution in [0.1, 0.15) is 27.7 Å². The van der Waals surface area contributed by atoms with Crippen molar-refractivity contribution in [2.45, 2.75) is 33.3 Å². The van der Waals surface area contributed by atoms with E-state index in [9.17, 15) is 9.59 Å². The molecule has 14 heavy (non-hydrogen) atoms. The molecule has 0 atom stereocenters. The summed E-state index contributed by atoms with van der Waals surface area (Å²) in [6.45, 7) is 10.2. The molecular formula is C10H17NO3. The Morgan fingerprint density at radius 1 is 1.43 bits per heavy atom. The zero-order valence-corrected chi connectivity index (χ0v) is 9.16. The number of hydrogen-bond donors (Lipinski definition) is 0. The minimum absolute atomic E-state index is 0.171. The van der Waals surface area contributed by atoms with Gasteiger partial charge in [0.05, 0.1) is 0 Å². The average Bonchev–Trinajstić information content (AvgIpc) is 1.95. The summed E-state index contributed by atoms with van der Waals surface area (Å²) in [5.74, 6) is -0.348. The highest BCUT2D eigenvalue weighted by Gasteiger charge is 2.23. The summed E-state index contributed by atoms with van der Waals surface area (Å²) < 4.78 is 5.03. The van der Waals surface area contributed by atoms with Crippen molar-refractivity contribution in [1.82, 2.24) is 4.90 Å². The van der Waals surface area contributed by atoms with Crippen LogP contribution in [-0.2, 0) is 9.53 Å². The van der Waals surface area contributed by atoms with Crippen molar-refractivity contribution in [2.24, 2.45) is 0 Å². The van der Waals surface area contributed by atoms with Crippen molar-refractivity contribution in [2.75, 3.05) is 6.54 Å². The van der Waals surface area contributed by atoms with Gasteiger partial charge in [0.1, 0.15) is 5.60 Å². The zero-order valence-electron chi connectivity index (χ0n) is 9.16. The third-order valence-electron chi connectivity index (χ3n) is 1.31.